The number of aryl methyl sites for hydroxylation is 1. The van der Waals surface area contributed by atoms with Crippen LogP contribution in [0.3, 0.4) is 0 Å². The first-order valence-electron chi connectivity index (χ1n) is 16.9. The molecule has 3 aromatic heterocycles. The lowest BCUT2D eigenvalue weighted by molar-refractivity contribution is -0.190. The van der Waals surface area contributed by atoms with E-state index >= 15 is 0 Å². The second-order valence-corrected chi connectivity index (χ2v) is 15.9. The molecular weight excluding hydrogens is 709 g/mol. The van der Waals surface area contributed by atoms with Crippen molar-refractivity contribution in [2.24, 2.45) is 11.3 Å². The number of hydrogen-bond donors (Lipinski definition) is 1. The first-order valence-corrected chi connectivity index (χ1v) is 18.1. The van der Waals surface area contributed by atoms with Crippen molar-refractivity contribution in [2.75, 3.05) is 19.8 Å². The van der Waals surface area contributed by atoms with Crippen LogP contribution in [-0.4, -0.2) is 73.7 Å². The van der Waals surface area contributed by atoms with E-state index in [1.807, 2.05) is 38.7 Å². The molecule has 51 heavy (non-hydrogen) atoms. The maximum absolute atomic E-state index is 13.2. The van der Waals surface area contributed by atoms with E-state index in [0.29, 0.717) is 35.8 Å². The number of aromatic nitrogens is 4. The second kappa shape index (κ2) is 15.1. The molecular formula is C35H44ClF3N6O5S. The number of likely N-dealkylation sites (tertiary alicyclic amines) is 1. The Balaban J connectivity index is 1.08. The van der Waals surface area contributed by atoms with Crippen molar-refractivity contribution in [3.63, 3.8) is 0 Å². The molecule has 278 valence electrons. The minimum Gasteiger partial charge on any atom is -0.477 e. The van der Waals surface area contributed by atoms with Gasteiger partial charge >= 0.3 is 12.3 Å². The van der Waals surface area contributed by atoms with E-state index in [4.69, 9.17) is 25.8 Å². The first kappa shape index (κ1) is 38.5. The van der Waals surface area contributed by atoms with Crippen LogP contribution in [0.5, 0.6) is 11.8 Å². The van der Waals surface area contributed by atoms with E-state index in [9.17, 15) is 22.8 Å². The first-order chi connectivity index (χ1) is 23.9. The van der Waals surface area contributed by atoms with Crippen molar-refractivity contribution in [1.82, 2.24) is 29.4 Å². The van der Waals surface area contributed by atoms with E-state index in [-0.39, 0.29) is 54.1 Å². The van der Waals surface area contributed by atoms with Crippen molar-refractivity contribution in [1.29, 1.82) is 0 Å². The Morgan fingerprint density at radius 3 is 2.47 bits per heavy atom. The predicted molar refractivity (Wildman–Crippen MR) is 186 cm³/mol. The van der Waals surface area contributed by atoms with Gasteiger partial charge in [-0.1, -0.05) is 17.7 Å². The second-order valence-electron chi connectivity index (χ2n) is 14.8. The molecule has 0 spiro atoms. The minimum atomic E-state index is -4.23. The Hall–Kier alpha value is -3.72. The highest BCUT2D eigenvalue weighted by atomic mass is 35.5. The third kappa shape index (κ3) is 9.79. The summed E-state index contributed by atoms with van der Waals surface area (Å²) in [6.07, 6.45) is -0.308. The van der Waals surface area contributed by atoms with Crippen molar-refractivity contribution in [2.45, 2.75) is 102 Å². The Morgan fingerprint density at radius 2 is 1.80 bits per heavy atom. The Bertz CT molecular complexity index is 1730. The molecule has 2 aliphatic rings. The smallest absolute Gasteiger partial charge is 0.410 e. The lowest BCUT2D eigenvalue weighted by atomic mass is 9.93. The monoisotopic (exact) mass is 752 g/mol. The topological polar surface area (TPSA) is 121 Å². The van der Waals surface area contributed by atoms with Crippen LogP contribution in [0.1, 0.15) is 89.1 Å². The number of pyridine rings is 2. The summed E-state index contributed by atoms with van der Waals surface area (Å²) in [5.41, 5.74) is -1.49. The van der Waals surface area contributed by atoms with Crippen LogP contribution in [0.2, 0.25) is 5.15 Å². The van der Waals surface area contributed by atoms with Crippen LogP contribution in [-0.2, 0) is 4.74 Å². The Kier molecular flexibility index (Phi) is 11.4. The van der Waals surface area contributed by atoms with Gasteiger partial charge in [-0.25, -0.2) is 19.4 Å². The third-order valence-electron chi connectivity index (χ3n) is 9.01. The van der Waals surface area contributed by atoms with Gasteiger partial charge in [-0.05, 0) is 104 Å². The lowest BCUT2D eigenvalue weighted by Crippen LogP contribution is -2.45. The summed E-state index contributed by atoms with van der Waals surface area (Å²) in [6.45, 7) is 12.6. The number of rotatable bonds is 13. The summed E-state index contributed by atoms with van der Waals surface area (Å²) < 4.78 is 60.6. The molecule has 0 bridgehead atoms. The summed E-state index contributed by atoms with van der Waals surface area (Å²) in [5.74, 6) is 0.769. The molecule has 1 atom stereocenters. The van der Waals surface area contributed by atoms with Gasteiger partial charge in [0.15, 0.2) is 5.82 Å². The fraction of sp³-hybridized carbons (Fsp3) is 0.571. The zero-order chi connectivity index (χ0) is 37.2. The van der Waals surface area contributed by atoms with Gasteiger partial charge in [0.25, 0.3) is 5.91 Å². The Labute approximate surface area is 305 Å². The summed E-state index contributed by atoms with van der Waals surface area (Å²) >= 11 is 7.36. The highest BCUT2D eigenvalue weighted by Gasteiger charge is 2.62. The van der Waals surface area contributed by atoms with Crippen molar-refractivity contribution < 1.29 is 37.0 Å². The van der Waals surface area contributed by atoms with Crippen LogP contribution < -0.4 is 14.2 Å². The van der Waals surface area contributed by atoms with Crippen LogP contribution in [0, 0.1) is 18.3 Å². The van der Waals surface area contributed by atoms with Crippen LogP contribution in [0.15, 0.2) is 41.6 Å². The largest absolute Gasteiger partial charge is 0.477 e. The standard InChI is InChI=1S/C35H44ClF3N6O5S/c1-22-9-12-27(41-30(22)49-18-7-8-23-20-33(5,6)44(21-23)31(47)50-32(2,3)4)51-43-29(46)24-10-11-25(40-28(24)36)45-17-13-26(42-45)48-19-16-34(14-15-34)35(37,38)39/h9-13,17,23H,7-8,14-16,18-21H2,1-6H3,(H,43,46). The summed E-state index contributed by atoms with van der Waals surface area (Å²) in [6, 6.07) is 8.19. The molecule has 11 nitrogen and oxygen atoms in total. The van der Waals surface area contributed by atoms with E-state index < -0.39 is 23.1 Å². The minimum absolute atomic E-state index is 0.0647. The van der Waals surface area contributed by atoms with Crippen molar-refractivity contribution >= 4 is 35.5 Å². The molecule has 1 aliphatic carbocycles. The molecule has 0 aromatic carbocycles. The number of amides is 2. The average Bonchev–Trinajstić information content (AvgIpc) is 3.58. The number of ether oxygens (including phenoxy) is 3. The summed E-state index contributed by atoms with van der Waals surface area (Å²) in [7, 11) is 0. The number of nitrogens with one attached hydrogen (secondary N) is 1. The number of carbonyl (C=O) groups is 2. The molecule has 1 aliphatic heterocycles. The molecule has 1 N–H and O–H groups in total. The van der Waals surface area contributed by atoms with Crippen molar-refractivity contribution in [3.05, 3.63) is 52.8 Å². The highest BCUT2D eigenvalue weighted by Crippen LogP contribution is 2.59. The van der Waals surface area contributed by atoms with Gasteiger partial charge < -0.3 is 19.1 Å². The van der Waals surface area contributed by atoms with Crippen LogP contribution >= 0.6 is 23.5 Å². The molecule has 16 heteroatoms. The zero-order valence-corrected chi connectivity index (χ0v) is 31.2. The fourth-order valence-electron chi connectivity index (χ4n) is 6.02. The number of nitrogens with zero attached hydrogens (tertiary/aromatic N) is 5. The molecule has 1 saturated heterocycles. The van der Waals surface area contributed by atoms with Crippen LogP contribution in [0.25, 0.3) is 5.82 Å². The van der Waals surface area contributed by atoms with E-state index in [1.165, 1.54) is 16.8 Å². The SMILES string of the molecule is Cc1ccc(SNC(=O)c2ccc(-n3ccc(OCCC4(C(F)(F)F)CC4)n3)nc2Cl)nc1OCCCC1CN(C(=O)OC(C)(C)C)C(C)(C)C1. The van der Waals surface area contributed by atoms with E-state index in [0.717, 1.165) is 36.8 Å². The van der Waals surface area contributed by atoms with Gasteiger partial charge in [-0.2, -0.15) is 13.2 Å². The van der Waals surface area contributed by atoms with Crippen LogP contribution in [0.4, 0.5) is 18.0 Å². The molecule has 1 saturated carbocycles. The molecule has 4 heterocycles. The van der Waals surface area contributed by atoms with Gasteiger partial charge in [0, 0.05) is 41.9 Å². The molecule has 5 rings (SSSR count). The predicted octanol–water partition coefficient (Wildman–Crippen LogP) is 8.37. The molecule has 1 unspecified atom stereocenters. The summed E-state index contributed by atoms with van der Waals surface area (Å²) in [4.78, 5) is 36.3. The van der Waals surface area contributed by atoms with Gasteiger partial charge in [0.1, 0.15) is 15.8 Å². The van der Waals surface area contributed by atoms with E-state index in [2.05, 4.69) is 33.6 Å². The van der Waals surface area contributed by atoms with Gasteiger partial charge in [-0.15, -0.1) is 5.10 Å². The van der Waals surface area contributed by atoms with Gasteiger partial charge in [0.05, 0.1) is 24.2 Å². The summed E-state index contributed by atoms with van der Waals surface area (Å²) in [5, 5.41) is 4.66. The molecule has 2 fully saturated rings. The third-order valence-corrected chi connectivity index (χ3v) is 10.0. The van der Waals surface area contributed by atoms with Gasteiger partial charge in [0.2, 0.25) is 11.8 Å². The molecule has 3 aromatic rings. The number of carbonyl (C=O) groups excluding carboxylic acids is 2. The zero-order valence-electron chi connectivity index (χ0n) is 29.6. The highest BCUT2D eigenvalue weighted by molar-refractivity contribution is 7.97. The average molecular weight is 753 g/mol. The molecule has 0 radical (unpaired) electrons. The fourth-order valence-corrected chi connectivity index (χ4v) is 6.83. The quantitative estimate of drug-likeness (QED) is 0.104. The number of alkyl halides is 3. The van der Waals surface area contributed by atoms with Gasteiger partial charge in [-0.3, -0.25) is 9.52 Å². The number of hydrogen-bond acceptors (Lipinski definition) is 9. The molecule has 2 amide bonds. The maximum Gasteiger partial charge on any atom is 0.410 e. The van der Waals surface area contributed by atoms with E-state index in [1.54, 1.807) is 18.3 Å². The normalized spacial score (nSPS) is 18.0. The Morgan fingerprint density at radius 1 is 1.06 bits per heavy atom. The number of halogens is 4. The lowest BCUT2D eigenvalue weighted by Gasteiger charge is -2.33. The maximum atomic E-state index is 13.2. The van der Waals surface area contributed by atoms with Crippen molar-refractivity contribution in [3.8, 4) is 17.6 Å².